The van der Waals surface area contributed by atoms with Crippen LogP contribution in [-0.2, 0) is 6.42 Å². The zero-order valence-electron chi connectivity index (χ0n) is 9.67. The molecule has 0 aromatic heterocycles. The van der Waals surface area contributed by atoms with Crippen molar-refractivity contribution >= 4 is 8.80 Å². The first-order valence-corrected chi connectivity index (χ1v) is 7.65. The van der Waals surface area contributed by atoms with Crippen molar-refractivity contribution < 1.29 is 27.6 Å². The van der Waals surface area contributed by atoms with Crippen LogP contribution in [0.25, 0.3) is 0 Å². The lowest BCUT2D eigenvalue weighted by atomic mass is 10.1. The van der Waals surface area contributed by atoms with E-state index in [9.17, 15) is 13.2 Å². The fourth-order valence-corrected chi connectivity index (χ4v) is 2.38. The van der Waals surface area contributed by atoms with E-state index in [0.717, 1.165) is 0 Å². The fraction of sp³-hybridized carbons (Fsp3) is 0.455. The van der Waals surface area contributed by atoms with Crippen molar-refractivity contribution in [3.8, 4) is 0 Å². The molecule has 0 unspecified atom stereocenters. The maximum atomic E-state index is 13.2. The normalized spacial score (nSPS) is 11.9. The molecule has 1 aromatic rings. The molecule has 0 spiro atoms. The molecule has 3 N–H and O–H groups in total. The van der Waals surface area contributed by atoms with Gasteiger partial charge in [0, 0.05) is 23.7 Å². The SMILES string of the molecule is O[Si](O)(O)CCCCCc1c(F)cc(F)cc1F. The Balaban J connectivity index is 2.41. The van der Waals surface area contributed by atoms with Gasteiger partial charge in [0.05, 0.1) is 0 Å². The molecule has 0 aliphatic rings. The van der Waals surface area contributed by atoms with E-state index >= 15 is 0 Å². The van der Waals surface area contributed by atoms with Gasteiger partial charge < -0.3 is 14.4 Å². The lowest BCUT2D eigenvalue weighted by Crippen LogP contribution is -2.33. The van der Waals surface area contributed by atoms with Crippen LogP contribution in [0.15, 0.2) is 12.1 Å². The summed E-state index contributed by atoms with van der Waals surface area (Å²) in [6.45, 7) is 0. The van der Waals surface area contributed by atoms with Crippen LogP contribution < -0.4 is 0 Å². The second-order valence-electron chi connectivity index (χ2n) is 4.18. The zero-order chi connectivity index (χ0) is 13.8. The summed E-state index contributed by atoms with van der Waals surface area (Å²) in [5.74, 6) is -2.78. The standard InChI is InChI=1S/C11H15F3O3Si/c12-8-6-10(13)9(11(14)7-8)4-2-1-3-5-18(15,16)17/h6-7,15-17H,1-5H2. The Hall–Kier alpha value is -0.893. The van der Waals surface area contributed by atoms with Crippen LogP contribution in [0.4, 0.5) is 13.2 Å². The Morgan fingerprint density at radius 2 is 1.44 bits per heavy atom. The minimum atomic E-state index is -4.01. The zero-order valence-corrected chi connectivity index (χ0v) is 10.7. The van der Waals surface area contributed by atoms with Crippen molar-refractivity contribution in [2.24, 2.45) is 0 Å². The predicted molar refractivity (Wildman–Crippen MR) is 61.1 cm³/mol. The highest BCUT2D eigenvalue weighted by atomic mass is 28.4. The number of rotatable bonds is 6. The van der Waals surface area contributed by atoms with Gasteiger partial charge in [0.25, 0.3) is 0 Å². The van der Waals surface area contributed by atoms with Gasteiger partial charge in [-0.05, 0) is 19.3 Å². The molecule has 1 aromatic carbocycles. The molecule has 0 amide bonds. The average Bonchev–Trinajstić information content (AvgIpc) is 2.19. The molecule has 0 saturated carbocycles. The fourth-order valence-electron chi connectivity index (χ4n) is 1.65. The van der Waals surface area contributed by atoms with Crippen LogP contribution in [0.3, 0.4) is 0 Å². The van der Waals surface area contributed by atoms with E-state index < -0.39 is 26.3 Å². The molecule has 0 atom stereocenters. The van der Waals surface area contributed by atoms with Crippen molar-refractivity contribution in [1.82, 2.24) is 0 Å². The van der Waals surface area contributed by atoms with Crippen LogP contribution in [0.1, 0.15) is 24.8 Å². The molecule has 0 bridgehead atoms. The molecule has 0 aliphatic carbocycles. The number of halogens is 3. The molecule has 7 heteroatoms. The Morgan fingerprint density at radius 3 is 1.94 bits per heavy atom. The van der Waals surface area contributed by atoms with Crippen LogP contribution in [0.2, 0.25) is 6.04 Å². The Labute approximate surface area is 104 Å². The van der Waals surface area contributed by atoms with E-state index in [0.29, 0.717) is 31.4 Å². The lowest BCUT2D eigenvalue weighted by molar-refractivity contribution is 0.226. The molecule has 0 fully saturated rings. The summed E-state index contributed by atoms with van der Waals surface area (Å²) in [5.41, 5.74) is -0.170. The summed E-state index contributed by atoms with van der Waals surface area (Å²) >= 11 is 0. The van der Waals surface area contributed by atoms with Gasteiger partial charge in [-0.2, -0.15) is 0 Å². The maximum absolute atomic E-state index is 13.2. The summed E-state index contributed by atoms with van der Waals surface area (Å²) in [5, 5.41) is 0. The van der Waals surface area contributed by atoms with Crippen molar-refractivity contribution in [3.63, 3.8) is 0 Å². The summed E-state index contributed by atoms with van der Waals surface area (Å²) in [6, 6.07) is 1.17. The summed E-state index contributed by atoms with van der Waals surface area (Å²) in [4.78, 5) is 26.2. The van der Waals surface area contributed by atoms with Gasteiger partial charge in [-0.3, -0.25) is 0 Å². The molecule has 1 rings (SSSR count). The van der Waals surface area contributed by atoms with E-state index in [1.165, 1.54) is 0 Å². The molecular weight excluding hydrogens is 265 g/mol. The van der Waals surface area contributed by atoms with Crippen molar-refractivity contribution in [3.05, 3.63) is 35.1 Å². The van der Waals surface area contributed by atoms with Crippen LogP contribution >= 0.6 is 0 Å². The molecular formula is C11H15F3O3Si. The van der Waals surface area contributed by atoms with Crippen molar-refractivity contribution in [1.29, 1.82) is 0 Å². The highest BCUT2D eigenvalue weighted by Gasteiger charge is 2.25. The summed E-state index contributed by atoms with van der Waals surface area (Å²) in [6.07, 6.45) is 1.38. The quantitative estimate of drug-likeness (QED) is 0.549. The molecule has 0 radical (unpaired) electrons. The molecule has 0 heterocycles. The third kappa shape index (κ3) is 5.17. The summed E-state index contributed by atoms with van der Waals surface area (Å²) < 4.78 is 39.1. The highest BCUT2D eigenvalue weighted by Crippen LogP contribution is 2.18. The minimum Gasteiger partial charge on any atom is -0.390 e. The van der Waals surface area contributed by atoms with Crippen LogP contribution in [0, 0.1) is 17.5 Å². The molecule has 0 aliphatic heterocycles. The van der Waals surface area contributed by atoms with Crippen molar-refractivity contribution in [2.45, 2.75) is 31.7 Å². The second kappa shape index (κ2) is 6.33. The van der Waals surface area contributed by atoms with E-state index in [2.05, 4.69) is 0 Å². The monoisotopic (exact) mass is 280 g/mol. The second-order valence-corrected chi connectivity index (χ2v) is 6.23. The molecule has 102 valence electrons. The maximum Gasteiger partial charge on any atom is 0.492 e. The molecule has 0 saturated heterocycles. The van der Waals surface area contributed by atoms with E-state index in [1.54, 1.807) is 0 Å². The number of hydrogen-bond donors (Lipinski definition) is 3. The minimum absolute atomic E-state index is 0.0959. The molecule has 18 heavy (non-hydrogen) atoms. The topological polar surface area (TPSA) is 60.7 Å². The Morgan fingerprint density at radius 1 is 0.889 bits per heavy atom. The Bertz CT molecular complexity index is 384. The van der Waals surface area contributed by atoms with Crippen LogP contribution in [-0.4, -0.2) is 23.2 Å². The van der Waals surface area contributed by atoms with Gasteiger partial charge in [0.15, 0.2) is 0 Å². The third-order valence-electron chi connectivity index (χ3n) is 2.54. The van der Waals surface area contributed by atoms with Gasteiger partial charge in [-0.15, -0.1) is 0 Å². The number of benzene rings is 1. The summed E-state index contributed by atoms with van der Waals surface area (Å²) in [7, 11) is -4.01. The van der Waals surface area contributed by atoms with Gasteiger partial charge in [-0.25, -0.2) is 13.2 Å². The predicted octanol–water partition coefficient (Wildman–Crippen LogP) is 1.73. The first-order chi connectivity index (χ1) is 8.29. The van der Waals surface area contributed by atoms with Crippen LogP contribution in [0.5, 0.6) is 0 Å². The first-order valence-electron chi connectivity index (χ1n) is 5.60. The lowest BCUT2D eigenvalue weighted by Gasteiger charge is -2.09. The molecule has 3 nitrogen and oxygen atoms in total. The largest absolute Gasteiger partial charge is 0.492 e. The van der Waals surface area contributed by atoms with E-state index in [4.69, 9.17) is 14.4 Å². The van der Waals surface area contributed by atoms with Gasteiger partial charge >= 0.3 is 8.80 Å². The number of hydrogen-bond acceptors (Lipinski definition) is 3. The van der Waals surface area contributed by atoms with Crippen molar-refractivity contribution in [2.75, 3.05) is 0 Å². The Kier molecular flexibility index (Phi) is 5.33. The third-order valence-corrected chi connectivity index (χ3v) is 3.57. The van der Waals surface area contributed by atoms with E-state index in [1.807, 2.05) is 0 Å². The van der Waals surface area contributed by atoms with Gasteiger partial charge in [0.1, 0.15) is 17.5 Å². The van der Waals surface area contributed by atoms with Gasteiger partial charge in [-0.1, -0.05) is 6.42 Å². The average molecular weight is 280 g/mol. The van der Waals surface area contributed by atoms with Gasteiger partial charge in [0.2, 0.25) is 0 Å². The highest BCUT2D eigenvalue weighted by molar-refractivity contribution is 6.56. The van der Waals surface area contributed by atoms with E-state index in [-0.39, 0.29) is 18.0 Å². The first kappa shape index (κ1) is 15.2. The number of unbranched alkanes of at least 4 members (excludes halogenated alkanes) is 2. The smallest absolute Gasteiger partial charge is 0.390 e.